The molecule has 1 aliphatic carbocycles. The maximum Gasteiger partial charge on any atom is 0.216 e. The molecule has 0 radical (unpaired) electrons. The number of sulfonamides is 1. The number of rotatable bonds is 7. The SMILES string of the molecule is CC(C)OCCS(=O)(=O)N(C)C1(CN)CCCC1. The summed E-state index contributed by atoms with van der Waals surface area (Å²) in [5, 5.41) is 0. The second-order valence-corrected chi connectivity index (χ2v) is 7.46. The van der Waals surface area contributed by atoms with Gasteiger partial charge in [-0.05, 0) is 26.7 Å². The monoisotopic (exact) mass is 278 g/mol. The summed E-state index contributed by atoms with van der Waals surface area (Å²) in [5.74, 6) is 0.0312. The van der Waals surface area contributed by atoms with Crippen molar-refractivity contribution in [2.75, 3.05) is 26.0 Å². The highest BCUT2D eigenvalue weighted by Crippen LogP contribution is 2.35. The zero-order valence-electron chi connectivity index (χ0n) is 11.7. The number of nitrogens with two attached hydrogens (primary N) is 1. The molecule has 1 fully saturated rings. The van der Waals surface area contributed by atoms with Crippen LogP contribution in [0.15, 0.2) is 0 Å². The predicted molar refractivity (Wildman–Crippen MR) is 72.9 cm³/mol. The molecule has 0 aliphatic heterocycles. The molecule has 0 bridgehead atoms. The standard InChI is InChI=1S/C12H26N2O3S/c1-11(2)17-8-9-18(15,16)14(3)12(10-13)6-4-5-7-12/h11H,4-10,13H2,1-3H3. The Morgan fingerprint density at radius 1 is 1.33 bits per heavy atom. The largest absolute Gasteiger partial charge is 0.378 e. The third-order valence-electron chi connectivity index (χ3n) is 3.79. The summed E-state index contributed by atoms with van der Waals surface area (Å²) in [6, 6.07) is 0. The molecule has 0 heterocycles. The molecule has 0 aromatic carbocycles. The number of nitrogens with zero attached hydrogens (tertiary/aromatic N) is 1. The lowest BCUT2D eigenvalue weighted by Crippen LogP contribution is -2.53. The Hall–Kier alpha value is -0.170. The second kappa shape index (κ2) is 6.32. The molecule has 2 N–H and O–H groups in total. The highest BCUT2D eigenvalue weighted by molar-refractivity contribution is 7.89. The molecule has 6 heteroatoms. The first-order valence-electron chi connectivity index (χ1n) is 6.62. The highest BCUT2D eigenvalue weighted by Gasteiger charge is 2.41. The predicted octanol–water partition coefficient (Wildman–Crippen LogP) is 0.945. The van der Waals surface area contributed by atoms with Crippen molar-refractivity contribution in [1.29, 1.82) is 0 Å². The van der Waals surface area contributed by atoms with Gasteiger partial charge in [-0.15, -0.1) is 0 Å². The van der Waals surface area contributed by atoms with E-state index in [1.54, 1.807) is 7.05 Å². The second-order valence-electron chi connectivity index (χ2n) is 5.34. The lowest BCUT2D eigenvalue weighted by molar-refractivity contribution is 0.0901. The van der Waals surface area contributed by atoms with Crippen molar-refractivity contribution in [3.05, 3.63) is 0 Å². The molecule has 18 heavy (non-hydrogen) atoms. The van der Waals surface area contributed by atoms with E-state index in [1.807, 2.05) is 13.8 Å². The van der Waals surface area contributed by atoms with Crippen LogP contribution in [-0.2, 0) is 14.8 Å². The van der Waals surface area contributed by atoms with E-state index in [0.29, 0.717) is 6.54 Å². The Morgan fingerprint density at radius 3 is 2.33 bits per heavy atom. The number of hydrogen-bond acceptors (Lipinski definition) is 4. The van der Waals surface area contributed by atoms with Gasteiger partial charge < -0.3 is 10.5 Å². The molecule has 0 unspecified atom stereocenters. The molecule has 1 rings (SSSR count). The average Bonchev–Trinajstić information content (AvgIpc) is 2.76. The van der Waals surface area contributed by atoms with Crippen LogP contribution in [-0.4, -0.2) is 50.3 Å². The molecule has 0 aromatic rings. The summed E-state index contributed by atoms with van der Waals surface area (Å²) in [6.07, 6.45) is 3.90. The summed E-state index contributed by atoms with van der Waals surface area (Å²) in [4.78, 5) is 0. The quantitative estimate of drug-likeness (QED) is 0.752. The Labute approximate surface area is 111 Å². The van der Waals surface area contributed by atoms with Crippen LogP contribution < -0.4 is 5.73 Å². The van der Waals surface area contributed by atoms with E-state index in [-0.39, 0.29) is 24.0 Å². The molecule has 0 amide bonds. The summed E-state index contributed by atoms with van der Waals surface area (Å²) in [6.45, 7) is 4.43. The topological polar surface area (TPSA) is 72.6 Å². The minimum Gasteiger partial charge on any atom is -0.378 e. The Bertz CT molecular complexity index is 348. The normalized spacial score (nSPS) is 19.9. The van der Waals surface area contributed by atoms with Crippen molar-refractivity contribution in [2.45, 2.75) is 51.2 Å². The van der Waals surface area contributed by atoms with Crippen molar-refractivity contribution in [3.8, 4) is 0 Å². The first kappa shape index (κ1) is 15.9. The Balaban J connectivity index is 2.65. The number of hydrogen-bond donors (Lipinski definition) is 1. The van der Waals surface area contributed by atoms with Crippen LogP contribution in [0.25, 0.3) is 0 Å². The fraction of sp³-hybridized carbons (Fsp3) is 1.00. The summed E-state index contributed by atoms with van der Waals surface area (Å²) >= 11 is 0. The van der Waals surface area contributed by atoms with Crippen molar-refractivity contribution < 1.29 is 13.2 Å². The van der Waals surface area contributed by atoms with E-state index < -0.39 is 10.0 Å². The van der Waals surface area contributed by atoms with Crippen LogP contribution >= 0.6 is 0 Å². The van der Waals surface area contributed by atoms with E-state index in [1.165, 1.54) is 4.31 Å². The fourth-order valence-electron chi connectivity index (χ4n) is 2.50. The van der Waals surface area contributed by atoms with Gasteiger partial charge in [-0.1, -0.05) is 12.8 Å². The van der Waals surface area contributed by atoms with Gasteiger partial charge in [0.15, 0.2) is 0 Å². The minimum atomic E-state index is -3.28. The van der Waals surface area contributed by atoms with Crippen molar-refractivity contribution in [3.63, 3.8) is 0 Å². The third-order valence-corrected chi connectivity index (χ3v) is 5.70. The summed E-state index contributed by atoms with van der Waals surface area (Å²) in [7, 11) is -1.63. The fourth-order valence-corrected chi connectivity index (χ4v) is 3.93. The zero-order valence-corrected chi connectivity index (χ0v) is 12.5. The van der Waals surface area contributed by atoms with E-state index in [4.69, 9.17) is 10.5 Å². The average molecular weight is 278 g/mol. The third kappa shape index (κ3) is 3.66. The number of likely N-dealkylation sites (N-methyl/N-ethyl adjacent to an activating group) is 1. The molecular formula is C12H26N2O3S. The van der Waals surface area contributed by atoms with E-state index in [0.717, 1.165) is 25.7 Å². The van der Waals surface area contributed by atoms with Gasteiger partial charge in [-0.3, -0.25) is 0 Å². The minimum absolute atomic E-state index is 0.0312. The van der Waals surface area contributed by atoms with Gasteiger partial charge >= 0.3 is 0 Å². The van der Waals surface area contributed by atoms with Crippen molar-refractivity contribution in [2.24, 2.45) is 5.73 Å². The van der Waals surface area contributed by atoms with Crippen LogP contribution in [0.4, 0.5) is 0 Å². The van der Waals surface area contributed by atoms with Crippen LogP contribution in [0.1, 0.15) is 39.5 Å². The maximum atomic E-state index is 12.3. The Kier molecular flexibility index (Phi) is 5.58. The summed E-state index contributed by atoms with van der Waals surface area (Å²) in [5.41, 5.74) is 5.44. The summed E-state index contributed by atoms with van der Waals surface area (Å²) < 4.78 is 31.3. The van der Waals surface area contributed by atoms with Gasteiger partial charge in [0.2, 0.25) is 10.0 Å². The van der Waals surface area contributed by atoms with Gasteiger partial charge in [0.05, 0.1) is 18.5 Å². The molecule has 0 aromatic heterocycles. The molecular weight excluding hydrogens is 252 g/mol. The van der Waals surface area contributed by atoms with Crippen molar-refractivity contribution in [1.82, 2.24) is 4.31 Å². The van der Waals surface area contributed by atoms with E-state index >= 15 is 0 Å². The molecule has 108 valence electrons. The van der Waals surface area contributed by atoms with Gasteiger partial charge in [-0.25, -0.2) is 8.42 Å². The highest BCUT2D eigenvalue weighted by atomic mass is 32.2. The van der Waals surface area contributed by atoms with Crippen molar-refractivity contribution >= 4 is 10.0 Å². The van der Waals surface area contributed by atoms with E-state index in [9.17, 15) is 8.42 Å². The van der Waals surface area contributed by atoms with E-state index in [2.05, 4.69) is 0 Å². The Morgan fingerprint density at radius 2 is 1.89 bits per heavy atom. The first-order chi connectivity index (χ1) is 8.34. The lowest BCUT2D eigenvalue weighted by atomic mass is 9.98. The lowest BCUT2D eigenvalue weighted by Gasteiger charge is -2.36. The van der Waals surface area contributed by atoms with Crippen LogP contribution in [0.5, 0.6) is 0 Å². The van der Waals surface area contributed by atoms with Crippen LogP contribution in [0, 0.1) is 0 Å². The van der Waals surface area contributed by atoms with Crippen LogP contribution in [0.3, 0.4) is 0 Å². The van der Waals surface area contributed by atoms with Crippen LogP contribution in [0.2, 0.25) is 0 Å². The molecule has 5 nitrogen and oxygen atoms in total. The molecule has 1 aliphatic rings. The van der Waals surface area contributed by atoms with Gasteiger partial charge in [-0.2, -0.15) is 4.31 Å². The smallest absolute Gasteiger partial charge is 0.216 e. The van der Waals surface area contributed by atoms with Gasteiger partial charge in [0, 0.05) is 19.1 Å². The first-order valence-corrected chi connectivity index (χ1v) is 8.23. The molecule has 0 atom stereocenters. The molecule has 1 saturated carbocycles. The number of ether oxygens (including phenoxy) is 1. The van der Waals surface area contributed by atoms with Gasteiger partial charge in [0.25, 0.3) is 0 Å². The molecule has 0 spiro atoms. The maximum absolute atomic E-state index is 12.3. The van der Waals surface area contributed by atoms with Gasteiger partial charge in [0.1, 0.15) is 0 Å². The molecule has 0 saturated heterocycles. The zero-order chi connectivity index (χ0) is 13.8.